The molecular weight excluding hydrogens is 457 g/mol. The topological polar surface area (TPSA) is 102 Å². The van der Waals surface area contributed by atoms with E-state index in [1.54, 1.807) is 24.3 Å². The second-order valence-electron chi connectivity index (χ2n) is 7.56. The maximum absolute atomic E-state index is 13.7. The van der Waals surface area contributed by atoms with Crippen molar-refractivity contribution in [1.29, 1.82) is 0 Å². The number of benzene rings is 2. The molecule has 0 saturated carbocycles. The zero-order valence-corrected chi connectivity index (χ0v) is 18.5. The van der Waals surface area contributed by atoms with E-state index in [9.17, 15) is 26.0 Å². The lowest BCUT2D eigenvalue weighted by Crippen LogP contribution is -2.40. The second-order valence-corrected chi connectivity index (χ2v) is 11.7. The summed E-state index contributed by atoms with van der Waals surface area (Å²) in [5, 5.41) is -0.392. The van der Waals surface area contributed by atoms with Crippen LogP contribution in [0.2, 0.25) is 0 Å². The van der Waals surface area contributed by atoms with Crippen molar-refractivity contribution in [2.75, 3.05) is 11.5 Å². The molecule has 7 nitrogen and oxygen atoms in total. The summed E-state index contributed by atoms with van der Waals surface area (Å²) >= 11 is 0. The molecule has 2 heterocycles. The van der Waals surface area contributed by atoms with E-state index in [0.717, 1.165) is 0 Å². The molecule has 0 N–H and O–H groups in total. The van der Waals surface area contributed by atoms with Gasteiger partial charge in [-0.2, -0.15) is 0 Å². The SMILES string of the molecule is O=C(c1ccc(S(=O)(=O)c2ccccc2)o1)N(Cc1cccc(F)c1)C1CCS(=O)(=O)C1. The third-order valence-corrected chi connectivity index (χ3v) is 8.65. The quantitative estimate of drug-likeness (QED) is 0.541. The van der Waals surface area contributed by atoms with Gasteiger partial charge in [0.15, 0.2) is 15.6 Å². The molecule has 0 aliphatic carbocycles. The first-order chi connectivity index (χ1) is 15.2. The molecule has 0 spiro atoms. The lowest BCUT2D eigenvalue weighted by molar-refractivity contribution is 0.0642. The zero-order valence-electron chi connectivity index (χ0n) is 16.8. The standard InChI is InChI=1S/C22H20FNO6S2/c23-17-6-4-5-16(13-17)14-24(18-11-12-31(26,27)15-18)22(25)20-9-10-21(30-20)32(28,29)19-7-2-1-3-8-19/h1-10,13,18H,11-12,14-15H2. The van der Waals surface area contributed by atoms with E-state index >= 15 is 0 Å². The number of rotatable bonds is 6. The Balaban J connectivity index is 1.65. The monoisotopic (exact) mass is 477 g/mol. The third-order valence-electron chi connectivity index (χ3n) is 5.26. The zero-order chi connectivity index (χ0) is 22.9. The Hall–Kier alpha value is -2.98. The van der Waals surface area contributed by atoms with Crippen LogP contribution in [-0.2, 0) is 26.2 Å². The van der Waals surface area contributed by atoms with Gasteiger partial charge in [0.1, 0.15) is 5.82 Å². The summed E-state index contributed by atoms with van der Waals surface area (Å²) < 4.78 is 68.6. The Labute approximate surface area is 185 Å². The van der Waals surface area contributed by atoms with Crippen molar-refractivity contribution in [3.05, 3.63) is 83.9 Å². The summed E-state index contributed by atoms with van der Waals surface area (Å²) in [7, 11) is -7.27. The van der Waals surface area contributed by atoms with Crippen molar-refractivity contribution >= 4 is 25.6 Å². The highest BCUT2D eigenvalue weighted by atomic mass is 32.2. The van der Waals surface area contributed by atoms with Crippen LogP contribution >= 0.6 is 0 Å². The van der Waals surface area contributed by atoms with E-state index < -0.39 is 42.5 Å². The fourth-order valence-electron chi connectivity index (χ4n) is 3.66. The van der Waals surface area contributed by atoms with E-state index in [1.165, 1.54) is 47.4 Å². The van der Waals surface area contributed by atoms with Crippen LogP contribution in [0.5, 0.6) is 0 Å². The number of sulfone groups is 2. The third kappa shape index (κ3) is 4.61. The molecule has 1 saturated heterocycles. The summed E-state index contributed by atoms with van der Waals surface area (Å²) in [5.74, 6) is -1.66. The predicted octanol–water partition coefficient (Wildman–Crippen LogP) is 3.08. The van der Waals surface area contributed by atoms with E-state index in [0.29, 0.717) is 5.56 Å². The van der Waals surface area contributed by atoms with Crippen molar-refractivity contribution in [3.8, 4) is 0 Å². The Morgan fingerprint density at radius 2 is 1.81 bits per heavy atom. The molecule has 1 amide bonds. The summed E-state index contributed by atoms with van der Waals surface area (Å²) in [4.78, 5) is 14.6. The number of hydrogen-bond donors (Lipinski definition) is 0. The van der Waals surface area contributed by atoms with Gasteiger partial charge >= 0.3 is 0 Å². The Morgan fingerprint density at radius 3 is 2.47 bits per heavy atom. The molecule has 4 rings (SSSR count). The molecule has 2 aromatic carbocycles. The van der Waals surface area contributed by atoms with E-state index in [2.05, 4.69) is 0 Å². The minimum Gasteiger partial charge on any atom is -0.439 e. The largest absolute Gasteiger partial charge is 0.439 e. The minimum absolute atomic E-state index is 0.0202. The van der Waals surface area contributed by atoms with Crippen molar-refractivity contribution in [1.82, 2.24) is 4.90 Å². The van der Waals surface area contributed by atoms with Crippen LogP contribution in [0.25, 0.3) is 0 Å². The summed E-state index contributed by atoms with van der Waals surface area (Å²) in [6.07, 6.45) is 0.235. The molecule has 1 aliphatic rings. The van der Waals surface area contributed by atoms with Gasteiger partial charge in [-0.25, -0.2) is 21.2 Å². The number of amides is 1. The van der Waals surface area contributed by atoms with Gasteiger partial charge in [0.25, 0.3) is 5.91 Å². The molecule has 1 unspecified atom stereocenters. The lowest BCUT2D eigenvalue weighted by atomic mass is 10.1. The molecule has 1 atom stereocenters. The van der Waals surface area contributed by atoms with Gasteiger partial charge in [-0.3, -0.25) is 4.79 Å². The molecule has 168 valence electrons. The van der Waals surface area contributed by atoms with Crippen LogP contribution in [0, 0.1) is 5.82 Å². The van der Waals surface area contributed by atoms with Gasteiger partial charge in [0.05, 0.1) is 16.4 Å². The van der Waals surface area contributed by atoms with Crippen LogP contribution < -0.4 is 0 Å². The Kier molecular flexibility index (Phi) is 5.91. The first-order valence-corrected chi connectivity index (χ1v) is 13.1. The highest BCUT2D eigenvalue weighted by Crippen LogP contribution is 2.26. The van der Waals surface area contributed by atoms with Crippen molar-refractivity contribution < 1.29 is 30.4 Å². The Morgan fingerprint density at radius 1 is 1.06 bits per heavy atom. The van der Waals surface area contributed by atoms with E-state index in [4.69, 9.17) is 4.42 Å². The molecule has 10 heteroatoms. The molecule has 32 heavy (non-hydrogen) atoms. The highest BCUT2D eigenvalue weighted by molar-refractivity contribution is 7.91. The number of carbonyl (C=O) groups is 1. The van der Waals surface area contributed by atoms with Gasteiger partial charge in [0.2, 0.25) is 14.9 Å². The number of halogens is 1. The normalized spacial score (nSPS) is 17.8. The molecule has 1 aliphatic heterocycles. The van der Waals surface area contributed by atoms with Crippen LogP contribution in [-0.4, -0.2) is 45.2 Å². The molecule has 0 bridgehead atoms. The number of furan rings is 1. The lowest BCUT2D eigenvalue weighted by Gasteiger charge is -2.27. The number of carbonyl (C=O) groups excluding carboxylic acids is 1. The van der Waals surface area contributed by atoms with Crippen LogP contribution in [0.3, 0.4) is 0 Å². The smallest absolute Gasteiger partial charge is 0.290 e. The number of hydrogen-bond acceptors (Lipinski definition) is 6. The molecule has 1 aromatic heterocycles. The first-order valence-electron chi connectivity index (χ1n) is 9.81. The van der Waals surface area contributed by atoms with Gasteiger partial charge < -0.3 is 9.32 Å². The van der Waals surface area contributed by atoms with Crippen molar-refractivity contribution in [2.24, 2.45) is 0 Å². The van der Waals surface area contributed by atoms with Gasteiger partial charge in [0, 0.05) is 12.6 Å². The fourth-order valence-corrected chi connectivity index (χ4v) is 6.58. The molecular formula is C22H20FNO6S2. The van der Waals surface area contributed by atoms with Gasteiger partial charge in [-0.15, -0.1) is 0 Å². The fraction of sp³-hybridized carbons (Fsp3) is 0.227. The van der Waals surface area contributed by atoms with Crippen LogP contribution in [0.1, 0.15) is 22.5 Å². The average Bonchev–Trinajstić information content (AvgIpc) is 3.39. The van der Waals surface area contributed by atoms with Crippen molar-refractivity contribution in [2.45, 2.75) is 29.0 Å². The Bertz CT molecular complexity index is 1350. The van der Waals surface area contributed by atoms with E-state index in [1.807, 2.05) is 0 Å². The first kappa shape index (κ1) is 22.2. The summed E-state index contributed by atoms with van der Waals surface area (Å²) in [6, 6.07) is 15.1. The van der Waals surface area contributed by atoms with E-state index in [-0.39, 0.29) is 35.1 Å². The summed E-state index contributed by atoms with van der Waals surface area (Å²) in [6.45, 7) is -0.0434. The molecule has 1 fully saturated rings. The summed E-state index contributed by atoms with van der Waals surface area (Å²) in [5.41, 5.74) is 0.478. The maximum Gasteiger partial charge on any atom is 0.290 e. The molecule has 3 aromatic rings. The maximum atomic E-state index is 13.7. The molecule has 0 radical (unpaired) electrons. The van der Waals surface area contributed by atoms with Crippen molar-refractivity contribution in [3.63, 3.8) is 0 Å². The second kappa shape index (κ2) is 8.51. The average molecular weight is 478 g/mol. The highest BCUT2D eigenvalue weighted by Gasteiger charge is 2.36. The van der Waals surface area contributed by atoms with Gasteiger partial charge in [-0.05, 0) is 48.4 Å². The van der Waals surface area contributed by atoms with Crippen LogP contribution in [0.15, 0.2) is 81.1 Å². The minimum atomic E-state index is -3.96. The van der Waals surface area contributed by atoms with Gasteiger partial charge in [-0.1, -0.05) is 30.3 Å². The van der Waals surface area contributed by atoms with Crippen LogP contribution in [0.4, 0.5) is 4.39 Å². The predicted molar refractivity (Wildman–Crippen MR) is 114 cm³/mol. The number of nitrogens with zero attached hydrogens (tertiary/aromatic N) is 1.